The Morgan fingerprint density at radius 1 is 1.12 bits per heavy atom. The number of aromatic nitrogens is 1. The normalized spacial score (nSPS) is 15.0. The predicted octanol–water partition coefficient (Wildman–Crippen LogP) is 3.95. The van der Waals surface area contributed by atoms with Crippen LogP contribution >= 0.6 is 34.5 Å². The van der Waals surface area contributed by atoms with Gasteiger partial charge in [0.15, 0.2) is 5.57 Å². The molecular weight excluding hydrogens is 477 g/mol. The Balaban J connectivity index is 2.06. The molecule has 0 aliphatic carbocycles. The maximum Gasteiger partial charge on any atom is 0.273 e. The van der Waals surface area contributed by atoms with Crippen LogP contribution in [0.25, 0.3) is 17.3 Å². The van der Waals surface area contributed by atoms with Gasteiger partial charge in [-0.05, 0) is 62.1 Å². The molecule has 1 aliphatic rings. The third-order valence-electron chi connectivity index (χ3n) is 5.60. The molecule has 1 aromatic heterocycles. The van der Waals surface area contributed by atoms with Crippen LogP contribution in [0.4, 0.5) is 0 Å². The van der Waals surface area contributed by atoms with E-state index in [0.29, 0.717) is 43.6 Å². The number of amides is 1. The van der Waals surface area contributed by atoms with E-state index >= 15 is 0 Å². The maximum atomic E-state index is 13.6. The van der Waals surface area contributed by atoms with Gasteiger partial charge in [0.05, 0.1) is 10.2 Å². The van der Waals surface area contributed by atoms with Crippen molar-refractivity contribution in [3.05, 3.63) is 82.7 Å². The van der Waals surface area contributed by atoms with Gasteiger partial charge in [0, 0.05) is 23.1 Å². The highest BCUT2D eigenvalue weighted by Crippen LogP contribution is 2.21. The van der Waals surface area contributed by atoms with Crippen molar-refractivity contribution in [1.82, 2.24) is 9.47 Å². The number of thiazole rings is 1. The van der Waals surface area contributed by atoms with E-state index in [0.717, 1.165) is 35.3 Å². The Bertz CT molecular complexity index is 1470. The molecule has 1 saturated heterocycles. The number of carbonyl (C=O) groups is 1. The van der Waals surface area contributed by atoms with E-state index in [9.17, 15) is 14.9 Å². The van der Waals surface area contributed by atoms with Crippen LogP contribution in [0.15, 0.2) is 41.2 Å². The van der Waals surface area contributed by atoms with Gasteiger partial charge in [0.2, 0.25) is 0 Å². The van der Waals surface area contributed by atoms with Crippen molar-refractivity contribution in [2.45, 2.75) is 26.7 Å². The molecule has 5 nitrogen and oxygen atoms in total. The van der Waals surface area contributed by atoms with Crippen LogP contribution in [0.1, 0.15) is 29.5 Å². The lowest BCUT2D eigenvalue weighted by atomic mass is 10.1. The fourth-order valence-electron chi connectivity index (χ4n) is 3.95. The molecular formula is C25H21Cl2N3O2S. The first-order valence-electron chi connectivity index (χ1n) is 10.5. The fourth-order valence-corrected chi connectivity index (χ4v) is 5.49. The van der Waals surface area contributed by atoms with Crippen molar-refractivity contribution in [1.29, 1.82) is 5.26 Å². The Hall–Kier alpha value is -2.85. The third-order valence-corrected chi connectivity index (χ3v) is 7.25. The Labute approximate surface area is 205 Å². The van der Waals surface area contributed by atoms with Gasteiger partial charge < -0.3 is 4.90 Å². The van der Waals surface area contributed by atoms with E-state index in [4.69, 9.17) is 23.2 Å². The number of nitrogens with zero attached hydrogens (tertiary/aromatic N) is 3. The molecule has 0 saturated carbocycles. The van der Waals surface area contributed by atoms with Gasteiger partial charge >= 0.3 is 0 Å². The van der Waals surface area contributed by atoms with E-state index < -0.39 is 0 Å². The zero-order chi connectivity index (χ0) is 23.7. The topological polar surface area (TPSA) is 66.1 Å². The molecule has 0 spiro atoms. The Morgan fingerprint density at radius 2 is 1.85 bits per heavy atom. The van der Waals surface area contributed by atoms with Crippen LogP contribution in [-0.2, 0) is 4.79 Å². The van der Waals surface area contributed by atoms with Gasteiger partial charge in [0.1, 0.15) is 10.7 Å². The standard InChI is InChI=1S/C25H21Cl2N3O2S/c1-15-5-8-21(16(2)11-15)30-24(32)22(12-17-6-7-18(26)13-20(17)27)33-25(30)19(14-28)23(31)29-9-3-4-10-29/h5-8,11-13H,3-4,9-10H2,1-2H3/b22-12+,25-19+. The molecule has 1 fully saturated rings. The Kier molecular flexibility index (Phi) is 6.76. The first-order chi connectivity index (χ1) is 15.8. The number of benzene rings is 2. The largest absolute Gasteiger partial charge is 0.338 e. The quantitative estimate of drug-likeness (QED) is 0.550. The summed E-state index contributed by atoms with van der Waals surface area (Å²) in [5.41, 5.74) is 2.86. The monoisotopic (exact) mass is 497 g/mol. The van der Waals surface area contributed by atoms with Crippen molar-refractivity contribution in [2.24, 2.45) is 0 Å². The number of nitriles is 1. The van der Waals surface area contributed by atoms with Crippen molar-refractivity contribution < 1.29 is 4.79 Å². The molecule has 0 N–H and O–H groups in total. The zero-order valence-electron chi connectivity index (χ0n) is 18.2. The number of likely N-dealkylation sites (tertiary alicyclic amines) is 1. The molecule has 8 heteroatoms. The maximum absolute atomic E-state index is 13.6. The van der Waals surface area contributed by atoms with Gasteiger partial charge in [-0.25, -0.2) is 0 Å². The van der Waals surface area contributed by atoms with Crippen LogP contribution < -0.4 is 14.8 Å². The van der Waals surface area contributed by atoms with E-state index in [1.54, 1.807) is 29.2 Å². The number of rotatable bonds is 3. The number of hydrogen-bond acceptors (Lipinski definition) is 4. The summed E-state index contributed by atoms with van der Waals surface area (Å²) >= 11 is 13.4. The number of carbonyl (C=O) groups excluding carboxylic acids is 1. The van der Waals surface area contributed by atoms with E-state index in [2.05, 4.69) is 6.07 Å². The average molecular weight is 498 g/mol. The molecule has 3 aromatic rings. The average Bonchev–Trinajstić information content (AvgIpc) is 3.40. The second kappa shape index (κ2) is 9.56. The minimum Gasteiger partial charge on any atom is -0.338 e. The summed E-state index contributed by atoms with van der Waals surface area (Å²) in [6.07, 6.45) is 3.49. The Morgan fingerprint density at radius 3 is 2.48 bits per heavy atom. The van der Waals surface area contributed by atoms with E-state index in [1.165, 1.54) is 4.57 Å². The molecule has 2 heterocycles. The lowest BCUT2D eigenvalue weighted by molar-refractivity contribution is -0.123. The minimum absolute atomic E-state index is 0.0270. The summed E-state index contributed by atoms with van der Waals surface area (Å²) < 4.78 is 2.17. The summed E-state index contributed by atoms with van der Waals surface area (Å²) in [5, 5.41) is 10.9. The van der Waals surface area contributed by atoms with Crippen molar-refractivity contribution in [3.63, 3.8) is 0 Å². The molecule has 2 aromatic carbocycles. The van der Waals surface area contributed by atoms with Crippen LogP contribution in [-0.4, -0.2) is 28.5 Å². The molecule has 1 aliphatic heterocycles. The molecule has 4 rings (SSSR count). The molecule has 0 atom stereocenters. The van der Waals surface area contributed by atoms with Crippen molar-refractivity contribution in [3.8, 4) is 11.8 Å². The minimum atomic E-state index is -0.342. The summed E-state index contributed by atoms with van der Waals surface area (Å²) in [5.74, 6) is -0.342. The van der Waals surface area contributed by atoms with Crippen molar-refractivity contribution in [2.75, 3.05) is 13.1 Å². The second-order valence-electron chi connectivity index (χ2n) is 8.00. The molecule has 33 heavy (non-hydrogen) atoms. The molecule has 0 bridgehead atoms. The second-order valence-corrected chi connectivity index (χ2v) is 9.87. The van der Waals surface area contributed by atoms with Gasteiger partial charge in [-0.15, -0.1) is 11.3 Å². The SMILES string of the molecule is Cc1ccc(-n2c(=O)/c(=C\c3ccc(Cl)cc3Cl)s/c2=C(\C#N)C(=O)N2CCCC2)c(C)c1. The van der Waals surface area contributed by atoms with E-state index in [-0.39, 0.29) is 17.0 Å². The van der Waals surface area contributed by atoms with Gasteiger partial charge in [-0.2, -0.15) is 5.26 Å². The zero-order valence-corrected chi connectivity index (χ0v) is 20.5. The van der Waals surface area contributed by atoms with Crippen LogP contribution in [0.3, 0.4) is 0 Å². The predicted molar refractivity (Wildman–Crippen MR) is 134 cm³/mol. The third kappa shape index (κ3) is 4.63. The molecule has 0 radical (unpaired) electrons. The van der Waals surface area contributed by atoms with Crippen LogP contribution in [0.5, 0.6) is 0 Å². The smallest absolute Gasteiger partial charge is 0.273 e. The molecule has 1 amide bonds. The lowest BCUT2D eigenvalue weighted by Crippen LogP contribution is -2.35. The van der Waals surface area contributed by atoms with Gasteiger partial charge in [0.25, 0.3) is 11.5 Å². The summed E-state index contributed by atoms with van der Waals surface area (Å²) in [6, 6.07) is 12.8. The fraction of sp³-hybridized carbons (Fsp3) is 0.240. The van der Waals surface area contributed by atoms with E-state index in [1.807, 2.05) is 32.0 Å². The number of halogens is 2. The number of hydrogen-bond donors (Lipinski definition) is 0. The number of aryl methyl sites for hydroxylation is 2. The lowest BCUT2D eigenvalue weighted by Gasteiger charge is -2.14. The first kappa shape index (κ1) is 23.3. The summed E-state index contributed by atoms with van der Waals surface area (Å²) in [7, 11) is 0. The van der Waals surface area contributed by atoms with Crippen LogP contribution in [0.2, 0.25) is 10.0 Å². The highest BCUT2D eigenvalue weighted by molar-refractivity contribution is 7.07. The summed E-state index contributed by atoms with van der Waals surface area (Å²) in [4.78, 5) is 28.5. The highest BCUT2D eigenvalue weighted by Gasteiger charge is 2.24. The highest BCUT2D eigenvalue weighted by atomic mass is 35.5. The summed E-state index contributed by atoms with van der Waals surface area (Å²) in [6.45, 7) is 5.11. The molecule has 0 unspecified atom stereocenters. The van der Waals surface area contributed by atoms with Crippen LogP contribution in [0, 0.1) is 25.2 Å². The van der Waals surface area contributed by atoms with Crippen molar-refractivity contribution >= 4 is 52.1 Å². The first-order valence-corrected chi connectivity index (χ1v) is 12.1. The van der Waals surface area contributed by atoms with Gasteiger partial charge in [-0.1, -0.05) is 47.0 Å². The molecule has 168 valence electrons. The van der Waals surface area contributed by atoms with Gasteiger partial charge in [-0.3, -0.25) is 14.2 Å².